The van der Waals surface area contributed by atoms with Gasteiger partial charge < -0.3 is 9.72 Å². The van der Waals surface area contributed by atoms with Gasteiger partial charge in [-0.2, -0.15) is 0 Å². The average molecular weight is 331 g/mol. The van der Waals surface area contributed by atoms with Gasteiger partial charge in [0.15, 0.2) is 0 Å². The first-order valence-electron chi connectivity index (χ1n) is 7.21. The van der Waals surface area contributed by atoms with Crippen molar-refractivity contribution in [3.8, 4) is 17.1 Å². The zero-order chi connectivity index (χ0) is 16.4. The number of aromatic amines is 1. The maximum atomic E-state index is 13.6. The summed E-state index contributed by atoms with van der Waals surface area (Å²) in [6, 6.07) is 12.5. The highest BCUT2D eigenvalue weighted by Gasteiger charge is 2.12. The number of H-pyrrole nitrogens is 1. The molecule has 3 nitrogen and oxygen atoms in total. The molecule has 118 valence electrons. The van der Waals surface area contributed by atoms with E-state index >= 15 is 0 Å². The number of aryl methyl sites for hydroxylation is 1. The summed E-state index contributed by atoms with van der Waals surface area (Å²) in [6.07, 6.45) is 0.641. The van der Waals surface area contributed by atoms with Gasteiger partial charge in [-0.1, -0.05) is 29.8 Å². The molecule has 3 aromatic rings. The van der Waals surface area contributed by atoms with E-state index in [1.807, 2.05) is 31.2 Å². The van der Waals surface area contributed by atoms with Gasteiger partial charge in [0, 0.05) is 23.2 Å². The van der Waals surface area contributed by atoms with E-state index in [-0.39, 0.29) is 5.02 Å². The molecule has 0 radical (unpaired) electrons. The van der Waals surface area contributed by atoms with Crippen LogP contribution < -0.4 is 4.74 Å². The molecule has 0 fully saturated rings. The first-order valence-corrected chi connectivity index (χ1v) is 7.59. The third-order valence-corrected chi connectivity index (χ3v) is 4.04. The van der Waals surface area contributed by atoms with Gasteiger partial charge >= 0.3 is 0 Å². The summed E-state index contributed by atoms with van der Waals surface area (Å²) < 4.78 is 19.0. The Bertz CT molecular complexity index is 845. The van der Waals surface area contributed by atoms with Gasteiger partial charge in [-0.15, -0.1) is 0 Å². The number of halogens is 2. The van der Waals surface area contributed by atoms with Gasteiger partial charge in [0.05, 0.1) is 17.8 Å². The third-order valence-electron chi connectivity index (χ3n) is 3.73. The molecule has 5 heteroatoms. The molecular formula is C18H16ClFN2O. The minimum absolute atomic E-state index is 0.103. The zero-order valence-electron chi connectivity index (χ0n) is 12.9. The standard InChI is InChI=1S/C18H16ClFN2O/c1-11-16(10-12-5-3-4-6-17(12)23-2)22-18(21-11)13-7-8-14(19)15(20)9-13/h3-9H,10H2,1-2H3,(H,21,22). The summed E-state index contributed by atoms with van der Waals surface area (Å²) in [6.45, 7) is 1.95. The molecule has 0 saturated carbocycles. The van der Waals surface area contributed by atoms with Gasteiger partial charge in [0.1, 0.15) is 17.4 Å². The Morgan fingerprint density at radius 3 is 2.74 bits per heavy atom. The summed E-state index contributed by atoms with van der Waals surface area (Å²) >= 11 is 5.73. The molecule has 0 spiro atoms. The van der Waals surface area contributed by atoms with Crippen molar-refractivity contribution in [2.45, 2.75) is 13.3 Å². The predicted octanol–water partition coefficient (Wildman–Crippen LogP) is 4.78. The van der Waals surface area contributed by atoms with Crippen LogP contribution in [0.1, 0.15) is 17.0 Å². The summed E-state index contributed by atoms with van der Waals surface area (Å²) in [4.78, 5) is 7.80. The van der Waals surface area contributed by atoms with E-state index < -0.39 is 5.82 Å². The fourth-order valence-corrected chi connectivity index (χ4v) is 2.60. The number of hydrogen-bond donors (Lipinski definition) is 1. The minimum Gasteiger partial charge on any atom is -0.496 e. The summed E-state index contributed by atoms with van der Waals surface area (Å²) in [5.41, 5.74) is 3.57. The largest absolute Gasteiger partial charge is 0.496 e. The van der Waals surface area contributed by atoms with E-state index in [0.717, 1.165) is 22.7 Å². The maximum Gasteiger partial charge on any atom is 0.142 e. The molecule has 0 unspecified atom stereocenters. The van der Waals surface area contributed by atoms with Gasteiger partial charge in [0.25, 0.3) is 0 Å². The van der Waals surface area contributed by atoms with E-state index in [1.165, 1.54) is 12.1 Å². The Kier molecular flexibility index (Phi) is 4.35. The van der Waals surface area contributed by atoms with Crippen molar-refractivity contribution >= 4 is 11.6 Å². The van der Waals surface area contributed by atoms with Gasteiger partial charge in [0.2, 0.25) is 0 Å². The minimum atomic E-state index is -0.454. The molecule has 23 heavy (non-hydrogen) atoms. The number of nitrogens with one attached hydrogen (secondary N) is 1. The SMILES string of the molecule is COc1ccccc1Cc1nc(-c2ccc(Cl)c(F)c2)[nH]c1C. The van der Waals surface area contributed by atoms with Gasteiger partial charge in [-0.25, -0.2) is 9.37 Å². The maximum absolute atomic E-state index is 13.6. The molecule has 0 aliphatic carbocycles. The Hall–Kier alpha value is -2.33. The number of imidazole rings is 1. The number of methoxy groups -OCH3 is 1. The molecule has 1 heterocycles. The average Bonchev–Trinajstić information content (AvgIpc) is 2.91. The van der Waals surface area contributed by atoms with Crippen LogP contribution in [0, 0.1) is 12.7 Å². The molecule has 2 aromatic carbocycles. The predicted molar refractivity (Wildman–Crippen MR) is 89.5 cm³/mol. The molecule has 0 aliphatic rings. The molecule has 0 atom stereocenters. The van der Waals surface area contributed by atoms with Crippen LogP contribution in [0.4, 0.5) is 4.39 Å². The van der Waals surface area contributed by atoms with Crippen LogP contribution in [0.15, 0.2) is 42.5 Å². The number of hydrogen-bond acceptors (Lipinski definition) is 2. The number of nitrogens with zero attached hydrogens (tertiary/aromatic N) is 1. The number of ether oxygens (including phenoxy) is 1. The van der Waals surface area contributed by atoms with Crippen molar-refractivity contribution in [1.29, 1.82) is 0 Å². The smallest absolute Gasteiger partial charge is 0.142 e. The topological polar surface area (TPSA) is 37.9 Å². The molecule has 1 aromatic heterocycles. The van der Waals surface area contributed by atoms with E-state index in [2.05, 4.69) is 9.97 Å². The Morgan fingerprint density at radius 2 is 2.00 bits per heavy atom. The molecular weight excluding hydrogens is 315 g/mol. The third kappa shape index (κ3) is 3.22. The lowest BCUT2D eigenvalue weighted by Crippen LogP contribution is -1.95. The highest BCUT2D eigenvalue weighted by atomic mass is 35.5. The van der Waals surface area contributed by atoms with Crippen molar-refractivity contribution < 1.29 is 9.13 Å². The van der Waals surface area contributed by atoms with E-state index in [9.17, 15) is 4.39 Å². The highest BCUT2D eigenvalue weighted by Crippen LogP contribution is 2.26. The normalized spacial score (nSPS) is 10.8. The Morgan fingerprint density at radius 1 is 1.22 bits per heavy atom. The molecule has 0 bridgehead atoms. The van der Waals surface area contributed by atoms with Crippen molar-refractivity contribution in [1.82, 2.24) is 9.97 Å². The summed E-state index contributed by atoms with van der Waals surface area (Å²) in [5.74, 6) is 1.00. The van der Waals surface area contributed by atoms with Crippen molar-refractivity contribution in [3.05, 3.63) is 70.3 Å². The molecule has 3 rings (SSSR count). The molecule has 0 aliphatic heterocycles. The summed E-state index contributed by atoms with van der Waals surface area (Å²) in [7, 11) is 1.65. The van der Waals surface area contributed by atoms with Crippen LogP contribution in [0.2, 0.25) is 5.02 Å². The molecule has 1 N–H and O–H groups in total. The van der Waals surface area contributed by atoms with Gasteiger partial charge in [-0.3, -0.25) is 0 Å². The van der Waals surface area contributed by atoms with Crippen LogP contribution in [0.3, 0.4) is 0 Å². The van der Waals surface area contributed by atoms with E-state index in [1.54, 1.807) is 13.2 Å². The number of rotatable bonds is 4. The van der Waals surface area contributed by atoms with E-state index in [0.29, 0.717) is 17.8 Å². The fraction of sp³-hybridized carbons (Fsp3) is 0.167. The van der Waals surface area contributed by atoms with E-state index in [4.69, 9.17) is 16.3 Å². The lowest BCUT2D eigenvalue weighted by Gasteiger charge is -2.06. The van der Waals surface area contributed by atoms with Crippen molar-refractivity contribution in [2.24, 2.45) is 0 Å². The van der Waals surface area contributed by atoms with Crippen LogP contribution in [0.5, 0.6) is 5.75 Å². The van der Waals surface area contributed by atoms with Crippen molar-refractivity contribution in [2.75, 3.05) is 7.11 Å². The first-order chi connectivity index (χ1) is 11.1. The van der Waals surface area contributed by atoms with Crippen LogP contribution in [-0.4, -0.2) is 17.1 Å². The number of aromatic nitrogens is 2. The summed E-state index contributed by atoms with van der Waals surface area (Å²) in [5, 5.41) is 0.103. The fourth-order valence-electron chi connectivity index (χ4n) is 2.48. The van der Waals surface area contributed by atoms with Gasteiger partial charge in [-0.05, 0) is 31.2 Å². The molecule has 0 saturated heterocycles. The Labute approximate surface area is 139 Å². The number of para-hydroxylation sites is 1. The lowest BCUT2D eigenvalue weighted by molar-refractivity contribution is 0.410. The number of benzene rings is 2. The van der Waals surface area contributed by atoms with Crippen LogP contribution >= 0.6 is 11.6 Å². The lowest BCUT2D eigenvalue weighted by atomic mass is 10.1. The quantitative estimate of drug-likeness (QED) is 0.747. The second kappa shape index (κ2) is 6.42. The highest BCUT2D eigenvalue weighted by molar-refractivity contribution is 6.30. The van der Waals surface area contributed by atoms with Crippen LogP contribution in [-0.2, 0) is 6.42 Å². The van der Waals surface area contributed by atoms with Crippen molar-refractivity contribution in [3.63, 3.8) is 0 Å². The second-order valence-corrected chi connectivity index (χ2v) is 5.68. The first kappa shape index (κ1) is 15.6. The Balaban J connectivity index is 1.93. The molecule has 0 amide bonds. The van der Waals surface area contributed by atoms with Crippen LogP contribution in [0.25, 0.3) is 11.4 Å². The second-order valence-electron chi connectivity index (χ2n) is 5.27. The monoisotopic (exact) mass is 330 g/mol. The zero-order valence-corrected chi connectivity index (χ0v) is 13.6.